The minimum atomic E-state index is -0.167. The normalized spacial score (nSPS) is 11.7. The molecule has 0 aliphatic rings. The SMILES string of the molecule is CCCCCCCCCC(=O)N(CCC(=O)Nc1nnc(-c2ccccc2)s1)C(C)c1ccccc1. The quantitative estimate of drug-likeness (QED) is 0.220. The molecule has 2 aromatic carbocycles. The predicted molar refractivity (Wildman–Crippen MR) is 148 cm³/mol. The molecule has 3 rings (SSSR count). The van der Waals surface area contributed by atoms with Crippen molar-refractivity contribution in [2.75, 3.05) is 11.9 Å². The third kappa shape index (κ3) is 8.86. The van der Waals surface area contributed by atoms with E-state index in [1.807, 2.05) is 72.5 Å². The van der Waals surface area contributed by atoms with Crippen molar-refractivity contribution in [3.63, 3.8) is 0 Å². The van der Waals surface area contributed by atoms with Crippen LogP contribution >= 0.6 is 11.3 Å². The minimum absolute atomic E-state index is 0.0951. The Bertz CT molecular complexity index is 1060. The lowest BCUT2D eigenvalue weighted by Gasteiger charge is -2.30. The summed E-state index contributed by atoms with van der Waals surface area (Å²) in [6.07, 6.45) is 8.91. The van der Waals surface area contributed by atoms with Gasteiger partial charge in [0, 0.05) is 24.9 Å². The topological polar surface area (TPSA) is 75.2 Å². The van der Waals surface area contributed by atoms with E-state index in [0.717, 1.165) is 29.0 Å². The van der Waals surface area contributed by atoms with Gasteiger partial charge in [-0.15, -0.1) is 10.2 Å². The number of aromatic nitrogens is 2. The highest BCUT2D eigenvalue weighted by Gasteiger charge is 2.22. The van der Waals surface area contributed by atoms with E-state index in [2.05, 4.69) is 22.4 Å². The highest BCUT2D eigenvalue weighted by Crippen LogP contribution is 2.26. The van der Waals surface area contributed by atoms with Gasteiger partial charge in [-0.25, -0.2) is 0 Å². The predicted octanol–water partition coefficient (Wildman–Crippen LogP) is 7.26. The molecule has 192 valence electrons. The zero-order valence-corrected chi connectivity index (χ0v) is 22.3. The van der Waals surface area contributed by atoms with Crippen LogP contribution in [0.1, 0.15) is 83.2 Å². The van der Waals surface area contributed by atoms with Gasteiger partial charge >= 0.3 is 0 Å². The summed E-state index contributed by atoms with van der Waals surface area (Å²) in [6, 6.07) is 19.7. The first-order valence-corrected chi connectivity index (χ1v) is 13.9. The summed E-state index contributed by atoms with van der Waals surface area (Å²) in [5, 5.41) is 12.4. The first-order chi connectivity index (χ1) is 17.6. The third-order valence-electron chi connectivity index (χ3n) is 6.34. The molecule has 2 amide bonds. The van der Waals surface area contributed by atoms with Gasteiger partial charge in [0.15, 0.2) is 0 Å². The maximum Gasteiger partial charge on any atom is 0.227 e. The van der Waals surface area contributed by atoms with E-state index < -0.39 is 0 Å². The molecule has 1 unspecified atom stereocenters. The molecule has 0 spiro atoms. The van der Waals surface area contributed by atoms with Crippen molar-refractivity contribution in [1.29, 1.82) is 0 Å². The van der Waals surface area contributed by atoms with Crippen molar-refractivity contribution >= 4 is 28.3 Å². The number of hydrogen-bond acceptors (Lipinski definition) is 5. The standard InChI is InChI=1S/C29H38N4O2S/c1-3-4-5-6-7-8-15-20-27(35)33(23(2)24-16-11-9-12-17-24)22-21-26(34)30-29-32-31-28(36-29)25-18-13-10-14-19-25/h9-14,16-19,23H,3-8,15,20-22H2,1-2H3,(H,30,32,34). The van der Waals surface area contributed by atoms with Gasteiger partial charge in [-0.3, -0.25) is 9.59 Å². The molecule has 3 aromatic rings. The highest BCUT2D eigenvalue weighted by atomic mass is 32.1. The van der Waals surface area contributed by atoms with Crippen LogP contribution in [0, 0.1) is 0 Å². The van der Waals surface area contributed by atoms with Crippen LogP contribution in [0.5, 0.6) is 0 Å². The number of nitrogens with one attached hydrogen (secondary N) is 1. The first kappa shape index (κ1) is 27.5. The molecular weight excluding hydrogens is 468 g/mol. The number of hydrogen-bond donors (Lipinski definition) is 1. The molecule has 6 nitrogen and oxygen atoms in total. The Balaban J connectivity index is 1.54. The van der Waals surface area contributed by atoms with Gasteiger partial charge in [-0.05, 0) is 18.9 Å². The van der Waals surface area contributed by atoms with Crippen LogP contribution in [-0.4, -0.2) is 33.5 Å². The molecule has 0 radical (unpaired) electrons. The summed E-state index contributed by atoms with van der Waals surface area (Å²) in [5.41, 5.74) is 2.04. The van der Waals surface area contributed by atoms with Crippen molar-refractivity contribution in [1.82, 2.24) is 15.1 Å². The fourth-order valence-corrected chi connectivity index (χ4v) is 4.96. The Kier molecular flexibility index (Phi) is 11.6. The molecule has 1 heterocycles. The first-order valence-electron chi connectivity index (χ1n) is 13.1. The summed E-state index contributed by atoms with van der Waals surface area (Å²) >= 11 is 1.34. The molecule has 0 saturated carbocycles. The van der Waals surface area contributed by atoms with Crippen LogP contribution < -0.4 is 5.32 Å². The molecule has 0 fully saturated rings. The van der Waals surface area contributed by atoms with E-state index >= 15 is 0 Å². The number of carbonyl (C=O) groups excluding carboxylic acids is 2. The lowest BCUT2D eigenvalue weighted by Crippen LogP contribution is -2.36. The van der Waals surface area contributed by atoms with E-state index in [1.54, 1.807) is 0 Å². The Morgan fingerprint density at radius 1 is 0.861 bits per heavy atom. The summed E-state index contributed by atoms with van der Waals surface area (Å²) < 4.78 is 0. The molecule has 1 aromatic heterocycles. The van der Waals surface area contributed by atoms with Crippen LogP contribution in [0.4, 0.5) is 5.13 Å². The monoisotopic (exact) mass is 506 g/mol. The number of nitrogens with zero attached hydrogens (tertiary/aromatic N) is 3. The van der Waals surface area contributed by atoms with Crippen molar-refractivity contribution in [2.24, 2.45) is 0 Å². The van der Waals surface area contributed by atoms with Gasteiger partial charge in [0.2, 0.25) is 16.9 Å². The van der Waals surface area contributed by atoms with Gasteiger partial charge in [0.1, 0.15) is 5.01 Å². The molecular formula is C29H38N4O2S. The van der Waals surface area contributed by atoms with E-state index in [1.165, 1.54) is 43.4 Å². The van der Waals surface area contributed by atoms with Gasteiger partial charge in [-0.2, -0.15) is 0 Å². The molecule has 0 aliphatic carbocycles. The maximum atomic E-state index is 13.2. The summed E-state index contributed by atoms with van der Waals surface area (Å²) in [6.45, 7) is 4.62. The summed E-state index contributed by atoms with van der Waals surface area (Å²) in [4.78, 5) is 27.8. The van der Waals surface area contributed by atoms with E-state index in [4.69, 9.17) is 0 Å². The number of rotatable bonds is 15. The molecule has 7 heteroatoms. The molecule has 1 atom stereocenters. The average Bonchev–Trinajstić information content (AvgIpc) is 3.37. The number of unbranched alkanes of at least 4 members (excludes halogenated alkanes) is 6. The van der Waals surface area contributed by atoms with Crippen LogP contribution in [0.15, 0.2) is 60.7 Å². The Morgan fingerprint density at radius 2 is 1.50 bits per heavy atom. The zero-order chi connectivity index (χ0) is 25.6. The zero-order valence-electron chi connectivity index (χ0n) is 21.5. The molecule has 0 saturated heterocycles. The van der Waals surface area contributed by atoms with Crippen LogP contribution in [0.25, 0.3) is 10.6 Å². The van der Waals surface area contributed by atoms with Crippen LogP contribution in [0.2, 0.25) is 0 Å². The van der Waals surface area contributed by atoms with Crippen molar-refractivity contribution < 1.29 is 9.59 Å². The molecule has 0 aliphatic heterocycles. The maximum absolute atomic E-state index is 13.2. The van der Waals surface area contributed by atoms with Gasteiger partial charge in [0.05, 0.1) is 6.04 Å². The van der Waals surface area contributed by atoms with Crippen LogP contribution in [-0.2, 0) is 9.59 Å². The van der Waals surface area contributed by atoms with Crippen molar-refractivity contribution in [3.05, 3.63) is 66.2 Å². The lowest BCUT2D eigenvalue weighted by molar-refractivity contribution is -0.134. The Morgan fingerprint density at radius 3 is 2.19 bits per heavy atom. The summed E-state index contributed by atoms with van der Waals surface area (Å²) in [7, 11) is 0. The number of amides is 2. The van der Waals surface area contributed by atoms with Gasteiger partial charge < -0.3 is 10.2 Å². The van der Waals surface area contributed by atoms with E-state index in [9.17, 15) is 9.59 Å². The van der Waals surface area contributed by atoms with E-state index in [-0.39, 0.29) is 24.3 Å². The lowest BCUT2D eigenvalue weighted by atomic mass is 10.0. The second kappa shape index (κ2) is 15.1. The fraction of sp³-hybridized carbons (Fsp3) is 0.448. The molecule has 0 bridgehead atoms. The van der Waals surface area contributed by atoms with Gasteiger partial charge in [-0.1, -0.05) is 117 Å². The van der Waals surface area contributed by atoms with Crippen molar-refractivity contribution in [2.45, 2.75) is 77.7 Å². The third-order valence-corrected chi connectivity index (χ3v) is 7.22. The number of anilines is 1. The van der Waals surface area contributed by atoms with Crippen LogP contribution in [0.3, 0.4) is 0 Å². The largest absolute Gasteiger partial charge is 0.335 e. The Labute approximate surface area is 219 Å². The minimum Gasteiger partial charge on any atom is -0.335 e. The van der Waals surface area contributed by atoms with Gasteiger partial charge in [0.25, 0.3) is 0 Å². The second-order valence-electron chi connectivity index (χ2n) is 9.12. The van der Waals surface area contributed by atoms with Crippen molar-refractivity contribution in [3.8, 4) is 10.6 Å². The number of carbonyl (C=O) groups is 2. The smallest absolute Gasteiger partial charge is 0.227 e. The Hall–Kier alpha value is -3.06. The molecule has 1 N–H and O–H groups in total. The fourth-order valence-electron chi connectivity index (χ4n) is 4.20. The molecule has 36 heavy (non-hydrogen) atoms. The van der Waals surface area contributed by atoms with E-state index in [0.29, 0.717) is 18.1 Å². The second-order valence-corrected chi connectivity index (χ2v) is 10.1. The average molecular weight is 507 g/mol. The summed E-state index contributed by atoms with van der Waals surface area (Å²) in [5.74, 6) is -0.0604. The number of benzene rings is 2. The highest BCUT2D eigenvalue weighted by molar-refractivity contribution is 7.18.